The summed E-state index contributed by atoms with van der Waals surface area (Å²) >= 11 is 0. The monoisotopic (exact) mass is 278 g/mol. The van der Waals surface area contributed by atoms with Gasteiger partial charge in [0.1, 0.15) is 0 Å². The average Bonchev–Trinajstić information content (AvgIpc) is 2.37. The second-order valence-electron chi connectivity index (χ2n) is 4.87. The Morgan fingerprint density at radius 3 is 2.55 bits per heavy atom. The van der Waals surface area contributed by atoms with E-state index in [0.717, 1.165) is 24.0 Å². The first kappa shape index (κ1) is 16.2. The number of carbonyl (C=O) groups excluding carboxylic acids is 1. The summed E-state index contributed by atoms with van der Waals surface area (Å²) in [4.78, 5) is 22.5. The van der Waals surface area contributed by atoms with Crippen LogP contribution in [0.1, 0.15) is 37.3 Å². The molecule has 0 heterocycles. The van der Waals surface area contributed by atoms with E-state index >= 15 is 0 Å². The molecule has 0 aliphatic rings. The number of hydrogen-bond acceptors (Lipinski definition) is 3. The van der Waals surface area contributed by atoms with Gasteiger partial charge in [-0.15, -0.1) is 0 Å². The fourth-order valence-corrected chi connectivity index (χ4v) is 2.04. The number of rotatable bonds is 8. The van der Waals surface area contributed by atoms with E-state index in [1.165, 1.54) is 0 Å². The molecule has 1 rings (SSSR count). The molecule has 0 bridgehead atoms. The molecule has 1 unspecified atom stereocenters. The highest BCUT2D eigenvalue weighted by Crippen LogP contribution is 2.09. The van der Waals surface area contributed by atoms with E-state index in [0.29, 0.717) is 13.0 Å². The third-order valence-electron chi connectivity index (χ3n) is 3.04. The minimum Gasteiger partial charge on any atom is -0.481 e. The lowest BCUT2D eigenvalue weighted by Crippen LogP contribution is -2.31. The molecule has 0 saturated heterocycles. The van der Waals surface area contributed by atoms with Crippen LogP contribution in [-0.2, 0) is 22.6 Å². The third-order valence-corrected chi connectivity index (χ3v) is 3.04. The highest BCUT2D eigenvalue weighted by atomic mass is 16.4. The summed E-state index contributed by atoms with van der Waals surface area (Å²) in [7, 11) is 0. The van der Waals surface area contributed by atoms with Crippen LogP contribution in [0.5, 0.6) is 0 Å². The Hall–Kier alpha value is -1.88. The molecule has 0 saturated carbocycles. The van der Waals surface area contributed by atoms with E-state index in [4.69, 9.17) is 10.8 Å². The van der Waals surface area contributed by atoms with Crippen molar-refractivity contribution in [1.29, 1.82) is 0 Å². The SMILES string of the molecule is CCCC(N)CC(=O)NCc1ccccc1CC(=O)O. The number of carbonyl (C=O) groups is 2. The summed E-state index contributed by atoms with van der Waals surface area (Å²) < 4.78 is 0. The molecule has 0 fully saturated rings. The maximum atomic E-state index is 11.7. The van der Waals surface area contributed by atoms with Crippen LogP contribution >= 0.6 is 0 Å². The van der Waals surface area contributed by atoms with Crippen molar-refractivity contribution in [3.63, 3.8) is 0 Å². The molecular weight excluding hydrogens is 256 g/mol. The predicted molar refractivity (Wildman–Crippen MR) is 77.1 cm³/mol. The van der Waals surface area contributed by atoms with Crippen LogP contribution in [0, 0.1) is 0 Å². The number of amides is 1. The molecule has 0 spiro atoms. The van der Waals surface area contributed by atoms with Gasteiger partial charge in [-0.25, -0.2) is 0 Å². The number of carboxylic acid groups (broad SMARTS) is 1. The van der Waals surface area contributed by atoms with Gasteiger partial charge in [0.25, 0.3) is 0 Å². The molecular formula is C15H22N2O3. The van der Waals surface area contributed by atoms with Gasteiger partial charge < -0.3 is 16.2 Å². The second-order valence-corrected chi connectivity index (χ2v) is 4.87. The van der Waals surface area contributed by atoms with Crippen molar-refractivity contribution in [3.8, 4) is 0 Å². The third kappa shape index (κ3) is 5.84. The normalized spacial score (nSPS) is 11.9. The van der Waals surface area contributed by atoms with Gasteiger partial charge in [-0.2, -0.15) is 0 Å². The number of benzene rings is 1. The van der Waals surface area contributed by atoms with E-state index in [9.17, 15) is 9.59 Å². The van der Waals surface area contributed by atoms with Crippen LogP contribution in [0.15, 0.2) is 24.3 Å². The number of aliphatic carboxylic acids is 1. The Morgan fingerprint density at radius 1 is 1.30 bits per heavy atom. The number of hydrogen-bond donors (Lipinski definition) is 3. The minimum absolute atomic E-state index is 0.0403. The molecule has 1 atom stereocenters. The Labute approximate surface area is 119 Å². The summed E-state index contributed by atoms with van der Waals surface area (Å²) in [5, 5.41) is 11.6. The molecule has 5 nitrogen and oxygen atoms in total. The number of carboxylic acids is 1. The zero-order chi connectivity index (χ0) is 15.0. The fourth-order valence-electron chi connectivity index (χ4n) is 2.04. The van der Waals surface area contributed by atoms with Crippen LogP contribution < -0.4 is 11.1 Å². The van der Waals surface area contributed by atoms with Crippen molar-refractivity contribution >= 4 is 11.9 Å². The molecule has 20 heavy (non-hydrogen) atoms. The van der Waals surface area contributed by atoms with E-state index in [1.54, 1.807) is 12.1 Å². The van der Waals surface area contributed by atoms with Crippen molar-refractivity contribution in [1.82, 2.24) is 5.32 Å². The van der Waals surface area contributed by atoms with E-state index in [2.05, 4.69) is 5.32 Å². The topological polar surface area (TPSA) is 92.4 Å². The fraction of sp³-hybridized carbons (Fsp3) is 0.467. The van der Waals surface area contributed by atoms with Crippen molar-refractivity contribution in [2.24, 2.45) is 5.73 Å². The van der Waals surface area contributed by atoms with Crippen LogP contribution in [0.4, 0.5) is 0 Å². The van der Waals surface area contributed by atoms with Crippen LogP contribution in [0.3, 0.4) is 0 Å². The molecule has 0 radical (unpaired) electrons. The van der Waals surface area contributed by atoms with Gasteiger partial charge in [0, 0.05) is 19.0 Å². The highest BCUT2D eigenvalue weighted by molar-refractivity contribution is 5.76. The second kappa shape index (κ2) is 8.32. The lowest BCUT2D eigenvalue weighted by atomic mass is 10.0. The Morgan fingerprint density at radius 2 is 1.95 bits per heavy atom. The summed E-state index contributed by atoms with van der Waals surface area (Å²) in [5.74, 6) is -0.982. The first-order valence-electron chi connectivity index (χ1n) is 6.83. The molecule has 1 aromatic carbocycles. The maximum absolute atomic E-state index is 11.7. The standard InChI is InChI=1S/C15H22N2O3/c1-2-5-13(16)9-14(18)17-10-12-7-4-3-6-11(12)8-15(19)20/h3-4,6-7,13H,2,5,8-10,16H2,1H3,(H,17,18)(H,19,20). The average molecular weight is 278 g/mol. The van der Waals surface area contributed by atoms with Gasteiger partial charge >= 0.3 is 5.97 Å². The zero-order valence-electron chi connectivity index (χ0n) is 11.8. The quantitative estimate of drug-likeness (QED) is 0.671. The number of nitrogens with two attached hydrogens (primary N) is 1. The minimum atomic E-state index is -0.881. The van der Waals surface area contributed by atoms with Gasteiger partial charge in [-0.3, -0.25) is 9.59 Å². The summed E-state index contributed by atoms with van der Waals surface area (Å²) in [5.41, 5.74) is 7.36. The summed E-state index contributed by atoms with van der Waals surface area (Å²) in [6, 6.07) is 7.09. The zero-order valence-corrected chi connectivity index (χ0v) is 11.8. The van der Waals surface area contributed by atoms with Crippen molar-refractivity contribution in [3.05, 3.63) is 35.4 Å². The molecule has 4 N–H and O–H groups in total. The molecule has 0 aliphatic heterocycles. The van der Waals surface area contributed by atoms with E-state index in [-0.39, 0.29) is 18.4 Å². The van der Waals surface area contributed by atoms with Crippen molar-refractivity contribution in [2.75, 3.05) is 0 Å². The number of nitrogens with one attached hydrogen (secondary N) is 1. The maximum Gasteiger partial charge on any atom is 0.307 e. The van der Waals surface area contributed by atoms with Gasteiger partial charge in [0.05, 0.1) is 6.42 Å². The molecule has 0 aliphatic carbocycles. The Kier molecular flexibility index (Phi) is 6.73. The lowest BCUT2D eigenvalue weighted by molar-refractivity contribution is -0.136. The smallest absolute Gasteiger partial charge is 0.307 e. The first-order valence-corrected chi connectivity index (χ1v) is 6.83. The summed E-state index contributed by atoms with van der Waals surface area (Å²) in [6.07, 6.45) is 2.04. The van der Waals surface area contributed by atoms with Crippen molar-refractivity contribution in [2.45, 2.75) is 45.2 Å². The Bertz CT molecular complexity index is 460. The van der Waals surface area contributed by atoms with Crippen LogP contribution in [0.25, 0.3) is 0 Å². The van der Waals surface area contributed by atoms with Gasteiger partial charge in [0.15, 0.2) is 0 Å². The molecule has 1 amide bonds. The molecule has 0 aromatic heterocycles. The lowest BCUT2D eigenvalue weighted by Gasteiger charge is -2.12. The first-order chi connectivity index (χ1) is 9.52. The van der Waals surface area contributed by atoms with E-state index in [1.807, 2.05) is 19.1 Å². The molecule has 5 heteroatoms. The predicted octanol–water partition coefficient (Wildman–Crippen LogP) is 1.45. The summed E-state index contributed by atoms with van der Waals surface area (Å²) in [6.45, 7) is 2.36. The largest absolute Gasteiger partial charge is 0.481 e. The van der Waals surface area contributed by atoms with Crippen LogP contribution in [-0.4, -0.2) is 23.0 Å². The molecule has 110 valence electrons. The Balaban J connectivity index is 2.52. The van der Waals surface area contributed by atoms with Crippen molar-refractivity contribution < 1.29 is 14.7 Å². The molecule has 1 aromatic rings. The van der Waals surface area contributed by atoms with Gasteiger partial charge in [-0.05, 0) is 17.5 Å². The van der Waals surface area contributed by atoms with E-state index < -0.39 is 5.97 Å². The van der Waals surface area contributed by atoms with Gasteiger partial charge in [0.2, 0.25) is 5.91 Å². The van der Waals surface area contributed by atoms with Crippen LogP contribution in [0.2, 0.25) is 0 Å². The highest BCUT2D eigenvalue weighted by Gasteiger charge is 2.10. The van der Waals surface area contributed by atoms with Gasteiger partial charge in [-0.1, -0.05) is 37.6 Å².